The van der Waals surface area contributed by atoms with Gasteiger partial charge in [-0.25, -0.2) is 4.79 Å². The molecule has 1 amide bonds. The fourth-order valence-electron chi connectivity index (χ4n) is 5.78. The Labute approximate surface area is 138 Å². The molecule has 4 bridgehead atoms. The quantitative estimate of drug-likeness (QED) is 0.827. The molecular weight excluding hydrogens is 294 g/mol. The van der Waals surface area contributed by atoms with Crippen molar-refractivity contribution in [3.63, 3.8) is 0 Å². The number of alkyl carbamates (subject to hydrolysis) is 1. The maximum atomic E-state index is 12.3. The number of carbonyl (C=O) groups is 2. The van der Waals surface area contributed by atoms with Gasteiger partial charge in [-0.05, 0) is 83.0 Å². The van der Waals surface area contributed by atoms with E-state index in [9.17, 15) is 9.59 Å². The summed E-state index contributed by atoms with van der Waals surface area (Å²) in [7, 11) is 0. The molecule has 0 aromatic heterocycles. The number of rotatable bonds is 4. The van der Waals surface area contributed by atoms with E-state index in [1.54, 1.807) is 0 Å². The first kappa shape index (κ1) is 16.6. The third kappa shape index (κ3) is 3.64. The van der Waals surface area contributed by atoms with Crippen molar-refractivity contribution in [3.8, 4) is 0 Å². The summed E-state index contributed by atoms with van der Waals surface area (Å²) < 4.78 is 5.46. The molecule has 0 saturated heterocycles. The first-order chi connectivity index (χ1) is 10.6. The number of carboxylic acids is 1. The molecule has 0 spiro atoms. The zero-order valence-electron chi connectivity index (χ0n) is 14.5. The van der Waals surface area contributed by atoms with Crippen molar-refractivity contribution in [3.05, 3.63) is 0 Å². The van der Waals surface area contributed by atoms with E-state index in [2.05, 4.69) is 5.32 Å². The van der Waals surface area contributed by atoms with Gasteiger partial charge in [0, 0.05) is 12.0 Å². The Bertz CT molecular complexity index is 494. The van der Waals surface area contributed by atoms with Gasteiger partial charge < -0.3 is 15.2 Å². The van der Waals surface area contributed by atoms with Crippen LogP contribution in [0.25, 0.3) is 0 Å². The largest absolute Gasteiger partial charge is 0.481 e. The lowest BCUT2D eigenvalue weighted by atomic mass is 9.46. The number of hydrogen-bond acceptors (Lipinski definition) is 3. The van der Waals surface area contributed by atoms with E-state index in [-0.39, 0.29) is 23.5 Å². The zero-order chi connectivity index (χ0) is 16.9. The Morgan fingerprint density at radius 1 is 1.17 bits per heavy atom. The molecule has 2 unspecified atom stereocenters. The van der Waals surface area contributed by atoms with Crippen molar-refractivity contribution >= 4 is 12.1 Å². The number of hydrogen-bond donors (Lipinski definition) is 2. The van der Waals surface area contributed by atoms with Crippen molar-refractivity contribution in [2.24, 2.45) is 17.3 Å². The van der Waals surface area contributed by atoms with Crippen LogP contribution in [0, 0.1) is 17.3 Å². The molecule has 0 aliphatic heterocycles. The molecule has 130 valence electrons. The summed E-state index contributed by atoms with van der Waals surface area (Å²) in [5, 5.41) is 12.2. The van der Waals surface area contributed by atoms with Gasteiger partial charge >= 0.3 is 12.1 Å². The highest BCUT2D eigenvalue weighted by Crippen LogP contribution is 2.63. The van der Waals surface area contributed by atoms with Crippen LogP contribution in [0.4, 0.5) is 4.79 Å². The Morgan fingerprint density at radius 2 is 1.78 bits per heavy atom. The van der Waals surface area contributed by atoms with E-state index in [1.165, 1.54) is 6.42 Å². The van der Waals surface area contributed by atoms with Crippen molar-refractivity contribution in [2.45, 2.75) is 83.3 Å². The molecule has 4 aliphatic carbocycles. The molecule has 5 nitrogen and oxygen atoms in total. The van der Waals surface area contributed by atoms with E-state index >= 15 is 0 Å². The summed E-state index contributed by atoms with van der Waals surface area (Å²) in [6.45, 7) is 5.63. The number of nitrogens with one attached hydrogen (secondary N) is 1. The highest BCUT2D eigenvalue weighted by molar-refractivity contribution is 5.69. The third-order valence-corrected chi connectivity index (χ3v) is 5.82. The van der Waals surface area contributed by atoms with Gasteiger partial charge in [0.05, 0.1) is 0 Å². The SMILES string of the molecule is CC(C)(C)OC(=O)NC12C[C@@H]3C[C@@H](CC(CCC(=O)O)(C3)C1)C2. The molecule has 0 radical (unpaired) electrons. The average molecular weight is 323 g/mol. The summed E-state index contributed by atoms with van der Waals surface area (Å²) in [5.41, 5.74) is -0.560. The van der Waals surface area contributed by atoms with Gasteiger partial charge in [-0.2, -0.15) is 0 Å². The van der Waals surface area contributed by atoms with Crippen LogP contribution in [0.1, 0.15) is 72.1 Å². The predicted octanol–water partition coefficient (Wildman–Crippen LogP) is 3.71. The Balaban J connectivity index is 1.72. The molecule has 4 atom stereocenters. The molecule has 4 aliphatic rings. The highest BCUT2D eigenvalue weighted by Gasteiger charge is 2.58. The molecule has 4 saturated carbocycles. The third-order valence-electron chi connectivity index (χ3n) is 5.82. The lowest BCUT2D eigenvalue weighted by molar-refractivity contribution is -0.140. The van der Waals surface area contributed by atoms with Crippen molar-refractivity contribution in [1.29, 1.82) is 0 Å². The van der Waals surface area contributed by atoms with E-state index in [0.29, 0.717) is 11.8 Å². The van der Waals surface area contributed by atoms with E-state index in [1.807, 2.05) is 20.8 Å². The van der Waals surface area contributed by atoms with Gasteiger partial charge in [-0.15, -0.1) is 0 Å². The van der Waals surface area contributed by atoms with Crippen LogP contribution < -0.4 is 5.32 Å². The van der Waals surface area contributed by atoms with Crippen molar-refractivity contribution in [2.75, 3.05) is 0 Å². The normalized spacial score (nSPS) is 38.4. The van der Waals surface area contributed by atoms with Gasteiger partial charge in [0.2, 0.25) is 0 Å². The Hall–Kier alpha value is -1.26. The molecule has 23 heavy (non-hydrogen) atoms. The second-order valence-corrected chi connectivity index (χ2v) is 9.26. The first-order valence-electron chi connectivity index (χ1n) is 8.82. The van der Waals surface area contributed by atoms with Gasteiger partial charge in [0.15, 0.2) is 0 Å². The lowest BCUT2D eigenvalue weighted by Gasteiger charge is -2.62. The minimum atomic E-state index is -0.713. The van der Waals surface area contributed by atoms with Crippen molar-refractivity contribution < 1.29 is 19.4 Å². The molecule has 0 aromatic carbocycles. The second kappa shape index (κ2) is 5.38. The summed E-state index contributed by atoms with van der Waals surface area (Å²) in [6.07, 6.45) is 7.13. The monoisotopic (exact) mass is 323 g/mol. The molecule has 5 heteroatoms. The highest BCUT2D eigenvalue weighted by atomic mass is 16.6. The maximum Gasteiger partial charge on any atom is 0.408 e. The Kier molecular flexibility index (Phi) is 3.88. The average Bonchev–Trinajstić information content (AvgIpc) is 2.31. The number of carboxylic acid groups (broad SMARTS) is 1. The summed E-state index contributed by atoms with van der Waals surface area (Å²) in [5.74, 6) is 0.537. The van der Waals surface area contributed by atoms with Gasteiger partial charge in [0.25, 0.3) is 0 Å². The molecule has 2 N–H and O–H groups in total. The van der Waals surface area contributed by atoms with Crippen molar-refractivity contribution in [1.82, 2.24) is 5.32 Å². The topological polar surface area (TPSA) is 75.6 Å². The van der Waals surface area contributed by atoms with Crippen LogP contribution in [0.2, 0.25) is 0 Å². The minimum Gasteiger partial charge on any atom is -0.481 e. The fourth-order valence-corrected chi connectivity index (χ4v) is 5.78. The van der Waals surface area contributed by atoms with Crippen LogP contribution in [0.3, 0.4) is 0 Å². The van der Waals surface area contributed by atoms with Crippen LogP contribution in [0.5, 0.6) is 0 Å². The van der Waals surface area contributed by atoms with E-state index in [0.717, 1.165) is 38.5 Å². The van der Waals surface area contributed by atoms with Gasteiger partial charge in [0.1, 0.15) is 5.60 Å². The summed E-state index contributed by atoms with van der Waals surface area (Å²) in [6, 6.07) is 0. The van der Waals surface area contributed by atoms with E-state index in [4.69, 9.17) is 9.84 Å². The number of ether oxygens (including phenoxy) is 1. The molecular formula is C18H29NO4. The molecule has 4 rings (SSSR count). The number of aliphatic carboxylic acids is 1. The van der Waals surface area contributed by atoms with Crippen LogP contribution in [-0.2, 0) is 9.53 Å². The first-order valence-corrected chi connectivity index (χ1v) is 8.82. The van der Waals surface area contributed by atoms with Gasteiger partial charge in [-0.3, -0.25) is 4.79 Å². The summed E-state index contributed by atoms with van der Waals surface area (Å²) in [4.78, 5) is 23.3. The summed E-state index contributed by atoms with van der Waals surface area (Å²) >= 11 is 0. The maximum absolute atomic E-state index is 12.3. The zero-order valence-corrected chi connectivity index (χ0v) is 14.5. The Morgan fingerprint density at radius 3 is 2.30 bits per heavy atom. The molecule has 0 aromatic rings. The number of amides is 1. The second-order valence-electron chi connectivity index (χ2n) is 9.26. The lowest BCUT2D eigenvalue weighted by Crippen LogP contribution is -2.63. The fraction of sp³-hybridized carbons (Fsp3) is 0.889. The smallest absolute Gasteiger partial charge is 0.408 e. The standard InChI is InChI=1S/C18H29NO4/c1-16(2,3)23-15(22)19-18-9-12-6-13(10-18)8-17(7-12,11-18)5-4-14(20)21/h12-13H,4-11H2,1-3H3,(H,19,22)(H,20,21)/t12-,13+,17?,18?. The molecule has 4 fully saturated rings. The van der Waals surface area contributed by atoms with E-state index < -0.39 is 11.6 Å². The van der Waals surface area contributed by atoms with Crippen LogP contribution >= 0.6 is 0 Å². The van der Waals surface area contributed by atoms with Crippen LogP contribution in [-0.4, -0.2) is 28.3 Å². The minimum absolute atomic E-state index is 0.109. The van der Waals surface area contributed by atoms with Gasteiger partial charge in [-0.1, -0.05) is 0 Å². The van der Waals surface area contributed by atoms with Crippen LogP contribution in [0.15, 0.2) is 0 Å². The predicted molar refractivity (Wildman–Crippen MR) is 86.1 cm³/mol. The number of carbonyl (C=O) groups excluding carboxylic acids is 1. The molecule has 0 heterocycles.